The molecule has 0 radical (unpaired) electrons. The number of likely N-dealkylation sites (N-methyl/N-ethyl adjacent to an activating group) is 1. The van der Waals surface area contributed by atoms with E-state index in [2.05, 4.69) is 15.3 Å². The third-order valence-electron chi connectivity index (χ3n) is 5.18. The summed E-state index contributed by atoms with van der Waals surface area (Å²) in [6.07, 6.45) is 3.43. The SMILES string of the molecule is Cc1nn(Cc2ccccc2Cl)c(C)c1/C=C/C(=O)NC(CN(C)C)c1ccccc1. The molecule has 0 aliphatic rings. The van der Waals surface area contributed by atoms with E-state index in [1.165, 1.54) is 0 Å². The molecule has 6 heteroatoms. The smallest absolute Gasteiger partial charge is 0.244 e. The Labute approximate surface area is 189 Å². The lowest BCUT2D eigenvalue weighted by Crippen LogP contribution is -2.34. The third-order valence-corrected chi connectivity index (χ3v) is 5.55. The van der Waals surface area contributed by atoms with Crippen molar-refractivity contribution in [3.8, 4) is 0 Å². The number of carbonyl (C=O) groups excluding carboxylic acids is 1. The first kappa shape index (κ1) is 22.8. The van der Waals surface area contributed by atoms with Gasteiger partial charge in [0.15, 0.2) is 0 Å². The minimum atomic E-state index is -0.131. The molecule has 5 nitrogen and oxygen atoms in total. The Morgan fingerprint density at radius 1 is 1.13 bits per heavy atom. The van der Waals surface area contributed by atoms with Crippen molar-refractivity contribution in [3.05, 3.63) is 93.8 Å². The number of aromatic nitrogens is 2. The maximum atomic E-state index is 12.7. The Balaban J connectivity index is 1.74. The summed E-state index contributed by atoms with van der Waals surface area (Å²) in [5, 5.41) is 8.48. The van der Waals surface area contributed by atoms with Crippen LogP contribution in [-0.2, 0) is 11.3 Å². The Morgan fingerprint density at radius 2 is 1.81 bits per heavy atom. The van der Waals surface area contributed by atoms with Crippen molar-refractivity contribution in [3.63, 3.8) is 0 Å². The fraction of sp³-hybridized carbons (Fsp3) is 0.280. The normalized spacial score (nSPS) is 12.5. The molecule has 3 rings (SSSR count). The summed E-state index contributed by atoms with van der Waals surface area (Å²) >= 11 is 6.30. The van der Waals surface area contributed by atoms with E-state index in [1.807, 2.05) is 93.3 Å². The number of nitrogens with zero attached hydrogens (tertiary/aromatic N) is 3. The maximum absolute atomic E-state index is 12.7. The summed E-state index contributed by atoms with van der Waals surface area (Å²) in [7, 11) is 4.00. The van der Waals surface area contributed by atoms with Gasteiger partial charge in [-0.15, -0.1) is 0 Å². The lowest BCUT2D eigenvalue weighted by Gasteiger charge is -2.22. The monoisotopic (exact) mass is 436 g/mol. The molecule has 1 heterocycles. The number of amides is 1. The van der Waals surface area contributed by atoms with E-state index < -0.39 is 0 Å². The van der Waals surface area contributed by atoms with Crippen LogP contribution in [0.25, 0.3) is 6.08 Å². The molecule has 3 aromatic rings. The van der Waals surface area contributed by atoms with Crippen LogP contribution in [0.4, 0.5) is 0 Å². The molecule has 0 spiro atoms. The molecule has 0 aliphatic carbocycles. The van der Waals surface area contributed by atoms with E-state index in [-0.39, 0.29) is 11.9 Å². The molecule has 0 bridgehead atoms. The fourth-order valence-corrected chi connectivity index (χ4v) is 3.75. The number of benzene rings is 2. The van der Waals surface area contributed by atoms with Crippen LogP contribution in [0.1, 0.15) is 34.1 Å². The third kappa shape index (κ3) is 6.06. The Morgan fingerprint density at radius 3 is 2.48 bits per heavy atom. The minimum absolute atomic E-state index is 0.0847. The first-order valence-electron chi connectivity index (χ1n) is 10.3. The number of rotatable bonds is 8. The van der Waals surface area contributed by atoms with Gasteiger partial charge in [0.25, 0.3) is 0 Å². The van der Waals surface area contributed by atoms with E-state index >= 15 is 0 Å². The molecule has 0 saturated heterocycles. The zero-order valence-corrected chi connectivity index (χ0v) is 19.2. The highest BCUT2D eigenvalue weighted by Crippen LogP contribution is 2.20. The molecule has 0 aliphatic heterocycles. The Hall–Kier alpha value is -2.89. The lowest BCUT2D eigenvalue weighted by atomic mass is 10.1. The maximum Gasteiger partial charge on any atom is 0.244 e. The van der Waals surface area contributed by atoms with Gasteiger partial charge in [0.1, 0.15) is 0 Å². The molecule has 1 N–H and O–H groups in total. The van der Waals surface area contributed by atoms with Crippen LogP contribution in [0.2, 0.25) is 5.02 Å². The van der Waals surface area contributed by atoms with E-state index in [4.69, 9.17) is 11.6 Å². The summed E-state index contributed by atoms with van der Waals surface area (Å²) in [5.74, 6) is -0.131. The molecule has 1 aromatic heterocycles. The number of nitrogens with one attached hydrogen (secondary N) is 1. The van der Waals surface area contributed by atoms with E-state index in [1.54, 1.807) is 6.08 Å². The second-order valence-electron chi connectivity index (χ2n) is 7.90. The standard InChI is InChI=1S/C25H29ClN4O/c1-18-22(19(2)30(28-18)16-21-12-8-9-13-23(21)26)14-15-25(31)27-24(17-29(3)4)20-10-6-5-7-11-20/h5-15,24H,16-17H2,1-4H3,(H,27,31)/b15-14+. The molecule has 2 aromatic carbocycles. The van der Waals surface area contributed by atoms with Gasteiger partial charge in [-0.25, -0.2) is 0 Å². The van der Waals surface area contributed by atoms with Crippen LogP contribution >= 0.6 is 11.6 Å². The molecule has 162 valence electrons. The average Bonchev–Trinajstić information content (AvgIpc) is 3.00. The summed E-state index contributed by atoms with van der Waals surface area (Å²) in [5.41, 5.74) is 4.91. The van der Waals surface area contributed by atoms with Gasteiger partial charge in [0.05, 0.1) is 18.3 Å². The molecule has 1 atom stereocenters. The molecule has 0 saturated carbocycles. The van der Waals surface area contributed by atoms with Crippen LogP contribution in [0.15, 0.2) is 60.7 Å². The predicted molar refractivity (Wildman–Crippen MR) is 127 cm³/mol. The van der Waals surface area contributed by atoms with Gasteiger partial charge in [-0.1, -0.05) is 60.1 Å². The quantitative estimate of drug-likeness (QED) is 0.523. The van der Waals surface area contributed by atoms with Crippen molar-refractivity contribution in [2.24, 2.45) is 0 Å². The van der Waals surface area contributed by atoms with Gasteiger partial charge < -0.3 is 10.2 Å². The summed E-state index contributed by atoms with van der Waals surface area (Å²) in [6, 6.07) is 17.7. The fourth-order valence-electron chi connectivity index (χ4n) is 3.56. The van der Waals surface area contributed by atoms with E-state index in [9.17, 15) is 4.79 Å². The molecular weight excluding hydrogens is 408 g/mol. The van der Waals surface area contributed by atoms with Crippen molar-refractivity contribution in [1.82, 2.24) is 20.0 Å². The molecule has 1 amide bonds. The number of carbonyl (C=O) groups is 1. The summed E-state index contributed by atoms with van der Waals surface area (Å²) in [4.78, 5) is 14.7. The number of hydrogen-bond donors (Lipinski definition) is 1. The van der Waals surface area contributed by atoms with Gasteiger partial charge in [-0.3, -0.25) is 9.48 Å². The van der Waals surface area contributed by atoms with Crippen molar-refractivity contribution in [2.75, 3.05) is 20.6 Å². The summed E-state index contributed by atoms with van der Waals surface area (Å²) < 4.78 is 1.92. The first-order chi connectivity index (χ1) is 14.8. The minimum Gasteiger partial charge on any atom is -0.344 e. The van der Waals surface area contributed by atoms with Crippen LogP contribution in [-0.4, -0.2) is 41.2 Å². The van der Waals surface area contributed by atoms with Crippen molar-refractivity contribution >= 4 is 23.6 Å². The highest BCUT2D eigenvalue weighted by Gasteiger charge is 2.15. The molecule has 31 heavy (non-hydrogen) atoms. The van der Waals surface area contributed by atoms with Gasteiger partial charge in [0, 0.05) is 28.9 Å². The lowest BCUT2D eigenvalue weighted by molar-refractivity contribution is -0.117. The van der Waals surface area contributed by atoms with Crippen LogP contribution in [0.5, 0.6) is 0 Å². The molecular formula is C25H29ClN4O. The predicted octanol–water partition coefficient (Wildman–Crippen LogP) is 4.63. The van der Waals surface area contributed by atoms with Gasteiger partial charge in [-0.05, 0) is 51.2 Å². The topological polar surface area (TPSA) is 50.2 Å². The number of aryl methyl sites for hydroxylation is 1. The highest BCUT2D eigenvalue weighted by atomic mass is 35.5. The van der Waals surface area contributed by atoms with Crippen LogP contribution in [0.3, 0.4) is 0 Å². The van der Waals surface area contributed by atoms with E-state index in [0.29, 0.717) is 6.54 Å². The van der Waals surface area contributed by atoms with Gasteiger partial charge in [0.2, 0.25) is 5.91 Å². The van der Waals surface area contributed by atoms with E-state index in [0.717, 1.165) is 39.6 Å². The molecule has 0 fully saturated rings. The second-order valence-corrected chi connectivity index (χ2v) is 8.31. The second kappa shape index (κ2) is 10.4. The first-order valence-corrected chi connectivity index (χ1v) is 10.7. The summed E-state index contributed by atoms with van der Waals surface area (Å²) in [6.45, 7) is 5.27. The number of halogens is 1. The highest BCUT2D eigenvalue weighted by molar-refractivity contribution is 6.31. The van der Waals surface area contributed by atoms with Crippen molar-refractivity contribution in [1.29, 1.82) is 0 Å². The van der Waals surface area contributed by atoms with Crippen molar-refractivity contribution in [2.45, 2.75) is 26.4 Å². The van der Waals surface area contributed by atoms with Crippen LogP contribution in [0, 0.1) is 13.8 Å². The Kier molecular flexibility index (Phi) is 7.66. The zero-order valence-electron chi connectivity index (χ0n) is 18.5. The largest absolute Gasteiger partial charge is 0.344 e. The Bertz CT molecular complexity index is 1060. The molecule has 1 unspecified atom stereocenters. The average molecular weight is 437 g/mol. The van der Waals surface area contributed by atoms with Crippen molar-refractivity contribution < 1.29 is 4.79 Å². The number of hydrogen-bond acceptors (Lipinski definition) is 3. The van der Waals surface area contributed by atoms with Gasteiger partial charge in [-0.2, -0.15) is 5.10 Å². The van der Waals surface area contributed by atoms with Gasteiger partial charge >= 0.3 is 0 Å². The zero-order chi connectivity index (χ0) is 22.4. The van der Waals surface area contributed by atoms with Crippen LogP contribution < -0.4 is 5.32 Å².